The topological polar surface area (TPSA) is 83.0 Å². The zero-order valence-corrected chi connectivity index (χ0v) is 12.3. The minimum absolute atomic E-state index is 0.0454. The molecule has 20 heavy (non-hydrogen) atoms. The van der Waals surface area contributed by atoms with Crippen molar-refractivity contribution in [1.82, 2.24) is 19.9 Å². The minimum Gasteiger partial charge on any atom is -0.452 e. The van der Waals surface area contributed by atoms with Gasteiger partial charge in [0.1, 0.15) is 5.56 Å². The first-order valence-electron chi connectivity index (χ1n) is 6.28. The van der Waals surface area contributed by atoms with Gasteiger partial charge in [-0.2, -0.15) is 10.1 Å². The molecule has 0 bridgehead atoms. The SMILES string of the molecule is Cc1c(C(=O)OCc2nc(C(C)(C)C)no2)cnn1C. The summed E-state index contributed by atoms with van der Waals surface area (Å²) in [6, 6.07) is 0. The Bertz CT molecular complexity index is 622. The van der Waals surface area contributed by atoms with Crippen molar-refractivity contribution in [1.29, 1.82) is 0 Å². The number of esters is 1. The van der Waals surface area contributed by atoms with Crippen LogP contribution in [0.15, 0.2) is 10.7 Å². The molecular weight excluding hydrogens is 260 g/mol. The molecule has 0 N–H and O–H groups in total. The molecule has 7 nitrogen and oxygen atoms in total. The lowest BCUT2D eigenvalue weighted by Gasteiger charge is -2.10. The fourth-order valence-electron chi connectivity index (χ4n) is 1.52. The average Bonchev–Trinajstić information content (AvgIpc) is 2.95. The predicted molar refractivity (Wildman–Crippen MR) is 70.1 cm³/mol. The fourth-order valence-corrected chi connectivity index (χ4v) is 1.52. The van der Waals surface area contributed by atoms with E-state index in [1.807, 2.05) is 20.8 Å². The van der Waals surface area contributed by atoms with Crippen LogP contribution in [0.4, 0.5) is 0 Å². The minimum atomic E-state index is -0.453. The van der Waals surface area contributed by atoms with Gasteiger partial charge in [0.05, 0.1) is 6.20 Å². The number of aryl methyl sites for hydroxylation is 1. The molecular formula is C13H18N4O3. The van der Waals surface area contributed by atoms with Crippen molar-refractivity contribution in [2.24, 2.45) is 7.05 Å². The van der Waals surface area contributed by atoms with E-state index < -0.39 is 5.97 Å². The summed E-state index contributed by atoms with van der Waals surface area (Å²) in [4.78, 5) is 16.1. The number of hydrogen-bond donors (Lipinski definition) is 0. The summed E-state index contributed by atoms with van der Waals surface area (Å²) in [5, 5.41) is 7.86. The summed E-state index contributed by atoms with van der Waals surface area (Å²) >= 11 is 0. The second-order valence-electron chi connectivity index (χ2n) is 5.61. The fraction of sp³-hybridized carbons (Fsp3) is 0.538. The highest BCUT2D eigenvalue weighted by atomic mass is 16.6. The van der Waals surface area contributed by atoms with E-state index in [9.17, 15) is 4.79 Å². The van der Waals surface area contributed by atoms with Gasteiger partial charge in [-0.3, -0.25) is 4.68 Å². The van der Waals surface area contributed by atoms with E-state index in [0.29, 0.717) is 11.4 Å². The molecule has 108 valence electrons. The van der Waals surface area contributed by atoms with Gasteiger partial charge >= 0.3 is 5.97 Å². The summed E-state index contributed by atoms with van der Waals surface area (Å²) in [5.74, 6) is 0.414. The Morgan fingerprint density at radius 2 is 2.15 bits per heavy atom. The monoisotopic (exact) mass is 278 g/mol. The Labute approximate surface area is 116 Å². The van der Waals surface area contributed by atoms with Crippen LogP contribution in [0.5, 0.6) is 0 Å². The molecule has 0 saturated heterocycles. The third-order valence-electron chi connectivity index (χ3n) is 2.92. The molecule has 0 aromatic carbocycles. The maximum atomic E-state index is 11.9. The van der Waals surface area contributed by atoms with Crippen molar-refractivity contribution >= 4 is 5.97 Å². The average molecular weight is 278 g/mol. The van der Waals surface area contributed by atoms with Gasteiger partial charge in [-0.05, 0) is 6.92 Å². The van der Waals surface area contributed by atoms with Gasteiger partial charge in [-0.15, -0.1) is 0 Å². The molecule has 0 aliphatic heterocycles. The zero-order valence-electron chi connectivity index (χ0n) is 12.3. The Morgan fingerprint density at radius 3 is 2.65 bits per heavy atom. The molecule has 0 fully saturated rings. The van der Waals surface area contributed by atoms with Gasteiger partial charge in [0.15, 0.2) is 12.4 Å². The van der Waals surface area contributed by atoms with Crippen LogP contribution in [-0.2, 0) is 23.8 Å². The quantitative estimate of drug-likeness (QED) is 0.796. The molecule has 0 saturated carbocycles. The highest BCUT2D eigenvalue weighted by molar-refractivity contribution is 5.90. The number of nitrogens with zero attached hydrogens (tertiary/aromatic N) is 4. The van der Waals surface area contributed by atoms with Crippen LogP contribution in [0.25, 0.3) is 0 Å². The molecule has 0 amide bonds. The Balaban J connectivity index is 2.00. The number of hydrogen-bond acceptors (Lipinski definition) is 6. The van der Waals surface area contributed by atoms with Gasteiger partial charge in [0.2, 0.25) is 0 Å². The van der Waals surface area contributed by atoms with E-state index in [2.05, 4.69) is 15.2 Å². The molecule has 2 aromatic rings. The summed E-state index contributed by atoms with van der Waals surface area (Å²) < 4.78 is 11.8. The van der Waals surface area contributed by atoms with Gasteiger partial charge in [0.25, 0.3) is 5.89 Å². The van der Waals surface area contributed by atoms with Crippen molar-refractivity contribution in [2.45, 2.75) is 39.7 Å². The van der Waals surface area contributed by atoms with E-state index >= 15 is 0 Å². The maximum Gasteiger partial charge on any atom is 0.342 e. The summed E-state index contributed by atoms with van der Waals surface area (Å²) in [6.45, 7) is 7.69. The second-order valence-corrected chi connectivity index (χ2v) is 5.61. The molecule has 0 aliphatic carbocycles. The van der Waals surface area contributed by atoms with Crippen molar-refractivity contribution in [2.75, 3.05) is 0 Å². The molecule has 2 rings (SSSR count). The van der Waals surface area contributed by atoms with Gasteiger partial charge < -0.3 is 9.26 Å². The number of carbonyl (C=O) groups excluding carboxylic acids is 1. The van der Waals surface area contributed by atoms with E-state index in [-0.39, 0.29) is 17.9 Å². The maximum absolute atomic E-state index is 11.9. The van der Waals surface area contributed by atoms with Crippen LogP contribution >= 0.6 is 0 Å². The molecule has 2 aromatic heterocycles. The van der Waals surface area contributed by atoms with E-state index in [1.165, 1.54) is 6.20 Å². The Hall–Kier alpha value is -2.18. The van der Waals surface area contributed by atoms with Crippen LogP contribution in [0.2, 0.25) is 0 Å². The van der Waals surface area contributed by atoms with Gasteiger partial charge in [-0.25, -0.2) is 4.79 Å². The summed E-state index contributed by atoms with van der Waals surface area (Å²) in [7, 11) is 1.76. The molecule has 2 heterocycles. The molecule has 0 aliphatic rings. The van der Waals surface area contributed by atoms with Crippen molar-refractivity contribution in [3.05, 3.63) is 29.2 Å². The number of carbonyl (C=O) groups is 1. The lowest BCUT2D eigenvalue weighted by atomic mass is 9.96. The number of ether oxygens (including phenoxy) is 1. The van der Waals surface area contributed by atoms with E-state index in [4.69, 9.17) is 9.26 Å². The highest BCUT2D eigenvalue weighted by Crippen LogP contribution is 2.18. The predicted octanol–water partition coefficient (Wildman–Crippen LogP) is 1.77. The normalized spacial score (nSPS) is 11.7. The largest absolute Gasteiger partial charge is 0.452 e. The lowest BCUT2D eigenvalue weighted by Crippen LogP contribution is -2.13. The van der Waals surface area contributed by atoms with Crippen molar-refractivity contribution in [3.8, 4) is 0 Å². The number of rotatable bonds is 3. The first-order chi connectivity index (χ1) is 9.29. The zero-order chi connectivity index (χ0) is 14.9. The summed E-state index contributed by atoms with van der Waals surface area (Å²) in [6.07, 6.45) is 1.48. The van der Waals surface area contributed by atoms with Crippen LogP contribution in [-0.4, -0.2) is 25.9 Å². The molecule has 0 atom stereocenters. The Morgan fingerprint density at radius 1 is 1.45 bits per heavy atom. The van der Waals surface area contributed by atoms with Crippen LogP contribution in [0.1, 0.15) is 48.5 Å². The summed E-state index contributed by atoms with van der Waals surface area (Å²) in [5.41, 5.74) is 0.977. The third kappa shape index (κ3) is 2.87. The lowest BCUT2D eigenvalue weighted by molar-refractivity contribution is 0.0429. The van der Waals surface area contributed by atoms with E-state index in [1.54, 1.807) is 18.7 Å². The van der Waals surface area contributed by atoms with Crippen LogP contribution < -0.4 is 0 Å². The van der Waals surface area contributed by atoms with E-state index in [0.717, 1.165) is 5.69 Å². The smallest absolute Gasteiger partial charge is 0.342 e. The standard InChI is InChI=1S/C13H18N4O3/c1-8-9(6-14-17(8)5)11(18)19-7-10-15-12(16-20-10)13(2,3)4/h6H,7H2,1-5H3. The van der Waals surface area contributed by atoms with Gasteiger partial charge in [0, 0.05) is 18.2 Å². The molecule has 0 unspecified atom stereocenters. The first-order valence-corrected chi connectivity index (χ1v) is 6.28. The van der Waals surface area contributed by atoms with Crippen LogP contribution in [0, 0.1) is 6.92 Å². The number of aromatic nitrogens is 4. The van der Waals surface area contributed by atoms with Crippen molar-refractivity contribution < 1.29 is 14.1 Å². The van der Waals surface area contributed by atoms with Crippen LogP contribution in [0.3, 0.4) is 0 Å². The molecule has 7 heteroatoms. The molecule has 0 radical (unpaired) electrons. The first kappa shape index (κ1) is 14.2. The molecule has 0 spiro atoms. The second kappa shape index (κ2) is 5.07. The van der Waals surface area contributed by atoms with Gasteiger partial charge in [-0.1, -0.05) is 25.9 Å². The Kier molecular flexibility index (Phi) is 3.61. The third-order valence-corrected chi connectivity index (χ3v) is 2.92. The van der Waals surface area contributed by atoms with Crippen molar-refractivity contribution in [3.63, 3.8) is 0 Å². The highest BCUT2D eigenvalue weighted by Gasteiger charge is 2.22.